The molecule has 2 amide bonds. The lowest BCUT2D eigenvalue weighted by atomic mass is 10.0. The average Bonchev–Trinajstić information content (AvgIpc) is 3.16. The van der Waals surface area contributed by atoms with Crippen LogP contribution in [-0.4, -0.2) is 72.7 Å². The number of nitrogens with one attached hydrogen (secondary N) is 1. The van der Waals surface area contributed by atoms with Crippen molar-refractivity contribution in [2.45, 2.75) is 49.4 Å². The first-order valence-corrected chi connectivity index (χ1v) is 12.7. The van der Waals surface area contributed by atoms with E-state index < -0.39 is 23.7 Å². The molecule has 2 aromatic rings. The van der Waals surface area contributed by atoms with Crippen molar-refractivity contribution >= 4 is 47.1 Å². The van der Waals surface area contributed by atoms with E-state index in [0.717, 1.165) is 10.7 Å². The summed E-state index contributed by atoms with van der Waals surface area (Å²) in [7, 11) is 0. The third kappa shape index (κ3) is 5.00. The second-order valence-corrected chi connectivity index (χ2v) is 11.1. The van der Waals surface area contributed by atoms with Crippen LogP contribution in [0.4, 0.5) is 4.79 Å². The molecule has 0 saturated carbocycles. The van der Waals surface area contributed by atoms with E-state index in [1.807, 2.05) is 43.7 Å². The van der Waals surface area contributed by atoms with Crippen molar-refractivity contribution in [3.05, 3.63) is 35.8 Å². The first-order chi connectivity index (χ1) is 16.0. The molecule has 2 aliphatic rings. The minimum atomic E-state index is -1.12. The predicted octanol–water partition coefficient (Wildman–Crippen LogP) is 0.820. The summed E-state index contributed by atoms with van der Waals surface area (Å²) in [5.74, 6) is -0.372. The number of aromatic nitrogens is 3. The number of aliphatic carboxylic acids is 1. The minimum Gasteiger partial charge on any atom is -0.477 e. The van der Waals surface area contributed by atoms with Crippen LogP contribution in [0.2, 0.25) is 0 Å². The summed E-state index contributed by atoms with van der Waals surface area (Å²) in [6.07, 6.45) is 3.17. The smallest absolute Gasteiger partial charge is 0.407 e. The number of rotatable bonds is 7. The molecule has 2 aliphatic heterocycles. The molecule has 182 valence electrons. The number of nitrogens with zero attached hydrogens (tertiary/aromatic N) is 4. The molecule has 0 aliphatic carbocycles. The Morgan fingerprint density at radius 2 is 2.18 bits per heavy atom. The van der Waals surface area contributed by atoms with Crippen molar-refractivity contribution in [1.82, 2.24) is 19.8 Å². The Kier molecular flexibility index (Phi) is 6.78. The van der Waals surface area contributed by atoms with Crippen molar-refractivity contribution in [2.24, 2.45) is 5.73 Å². The molecular weight excluding hydrogens is 480 g/mol. The van der Waals surface area contributed by atoms with Crippen LogP contribution in [0.5, 0.6) is 0 Å². The summed E-state index contributed by atoms with van der Waals surface area (Å²) in [6, 6.07) is 3.13. The lowest BCUT2D eigenvalue weighted by Gasteiger charge is -2.47. The van der Waals surface area contributed by atoms with E-state index in [4.69, 9.17) is 10.5 Å². The van der Waals surface area contributed by atoms with Gasteiger partial charge in [0.25, 0.3) is 0 Å². The highest BCUT2D eigenvalue weighted by atomic mass is 32.2. The molecule has 13 heteroatoms. The highest BCUT2D eigenvalue weighted by molar-refractivity contribution is 8.00. The summed E-state index contributed by atoms with van der Waals surface area (Å²) < 4.78 is 8.82. The van der Waals surface area contributed by atoms with Gasteiger partial charge in [-0.3, -0.25) is 9.69 Å². The summed E-state index contributed by atoms with van der Waals surface area (Å²) in [4.78, 5) is 37.1. The van der Waals surface area contributed by atoms with Crippen LogP contribution in [-0.2, 0) is 20.9 Å². The minimum absolute atomic E-state index is 0.0277. The highest BCUT2D eigenvalue weighted by Gasteiger charge is 2.52. The normalized spacial score (nSPS) is 20.2. The number of imidazole rings is 1. The van der Waals surface area contributed by atoms with Gasteiger partial charge in [-0.05, 0) is 26.8 Å². The number of alkyl carbamates (subject to hydrolysis) is 1. The van der Waals surface area contributed by atoms with Crippen LogP contribution < -0.4 is 15.6 Å². The van der Waals surface area contributed by atoms with E-state index in [1.54, 1.807) is 10.7 Å². The third-order valence-corrected chi connectivity index (χ3v) is 7.45. The number of fused-ring (bicyclic) bond motifs is 2. The molecule has 0 aromatic carbocycles. The van der Waals surface area contributed by atoms with Gasteiger partial charge in [0.05, 0.1) is 0 Å². The zero-order valence-corrected chi connectivity index (χ0v) is 20.7. The Balaban J connectivity index is 1.41. The molecular formula is C21H27N6O5S2+. The first kappa shape index (κ1) is 24.4. The lowest BCUT2D eigenvalue weighted by Crippen LogP contribution is -2.68. The molecule has 0 spiro atoms. The van der Waals surface area contributed by atoms with Crippen LogP contribution in [0.15, 0.2) is 40.8 Å². The van der Waals surface area contributed by atoms with Crippen molar-refractivity contribution < 1.29 is 28.8 Å². The van der Waals surface area contributed by atoms with Gasteiger partial charge in [0.2, 0.25) is 5.91 Å². The molecule has 0 bridgehead atoms. The second-order valence-electron chi connectivity index (χ2n) is 8.87. The highest BCUT2D eigenvalue weighted by Crippen LogP contribution is 2.39. The second kappa shape index (κ2) is 9.47. The molecule has 11 nitrogen and oxygen atoms in total. The van der Waals surface area contributed by atoms with Crippen molar-refractivity contribution in [1.29, 1.82) is 0 Å². The number of carbonyl (C=O) groups is 3. The fourth-order valence-corrected chi connectivity index (χ4v) is 5.72. The van der Waals surface area contributed by atoms with Crippen LogP contribution in [0.3, 0.4) is 0 Å². The number of amides is 2. The van der Waals surface area contributed by atoms with Crippen molar-refractivity contribution in [3.8, 4) is 0 Å². The van der Waals surface area contributed by atoms with E-state index in [-0.39, 0.29) is 17.0 Å². The summed E-state index contributed by atoms with van der Waals surface area (Å²) >= 11 is 2.98. The molecule has 0 radical (unpaired) electrons. The SMILES string of the molecule is CC(C)(C)OC(=O)NCCSc1ccc2n(cc[n+]2CC2=C(C(=O)O)N3C(=O)[C@@H](N)[C@H]3SC2)n1. The van der Waals surface area contributed by atoms with E-state index in [0.29, 0.717) is 30.2 Å². The van der Waals surface area contributed by atoms with E-state index in [9.17, 15) is 19.5 Å². The van der Waals surface area contributed by atoms with Gasteiger partial charge in [0.15, 0.2) is 6.20 Å². The van der Waals surface area contributed by atoms with Gasteiger partial charge < -0.3 is 20.9 Å². The number of hydrogen-bond donors (Lipinski definition) is 3. The van der Waals surface area contributed by atoms with Crippen LogP contribution >= 0.6 is 23.5 Å². The fourth-order valence-electron chi connectivity index (χ4n) is 3.71. The molecule has 1 fully saturated rings. The summed E-state index contributed by atoms with van der Waals surface area (Å²) in [5.41, 5.74) is 6.74. The Bertz CT molecular complexity index is 1170. The van der Waals surface area contributed by atoms with Gasteiger partial charge >= 0.3 is 17.7 Å². The maximum atomic E-state index is 12.2. The van der Waals surface area contributed by atoms with E-state index in [2.05, 4.69) is 10.4 Å². The molecule has 34 heavy (non-hydrogen) atoms. The number of hydrogen-bond acceptors (Lipinski definition) is 8. The Morgan fingerprint density at radius 1 is 1.41 bits per heavy atom. The number of carbonyl (C=O) groups excluding carboxylic acids is 2. The van der Waals surface area contributed by atoms with Crippen LogP contribution in [0, 0.1) is 0 Å². The zero-order valence-electron chi connectivity index (χ0n) is 19.1. The Morgan fingerprint density at radius 3 is 2.88 bits per heavy atom. The number of carboxylic acid groups (broad SMARTS) is 1. The topological polar surface area (TPSA) is 143 Å². The third-order valence-electron chi connectivity index (χ3n) is 5.17. The van der Waals surface area contributed by atoms with E-state index in [1.165, 1.54) is 28.4 Å². The monoisotopic (exact) mass is 507 g/mol. The average molecular weight is 508 g/mol. The van der Waals surface area contributed by atoms with Gasteiger partial charge in [-0.2, -0.15) is 0 Å². The standard InChI is InChI=1S/C21H26N6O5S2/c1-21(2,3)32-20(31)23-6-9-33-13-4-5-14-25(7-8-26(14)24-13)10-12-11-34-18-15(22)17(28)27(18)16(12)19(29)30/h4-5,7-8,15,18H,6,9-11,22H2,1-3H3,(H-,23,29,30,31)/p+1/t15-,18-/m1/s1. The van der Waals surface area contributed by atoms with Crippen LogP contribution in [0.1, 0.15) is 20.8 Å². The van der Waals surface area contributed by atoms with Gasteiger partial charge in [0, 0.05) is 29.7 Å². The lowest BCUT2D eigenvalue weighted by molar-refractivity contribution is -0.662. The Labute approximate surface area is 204 Å². The number of nitrogens with two attached hydrogens (primary N) is 1. The fraction of sp³-hybridized carbons (Fsp3) is 0.476. The maximum absolute atomic E-state index is 12.2. The van der Waals surface area contributed by atoms with Crippen molar-refractivity contribution in [2.75, 3.05) is 18.1 Å². The zero-order chi connectivity index (χ0) is 24.6. The molecule has 0 unspecified atom stereocenters. The van der Waals surface area contributed by atoms with Gasteiger partial charge in [-0.1, -0.05) is 5.10 Å². The summed E-state index contributed by atoms with van der Waals surface area (Å²) in [6.45, 7) is 6.20. The Hall–Kier alpha value is -2.77. The quantitative estimate of drug-likeness (QED) is 0.215. The first-order valence-electron chi connectivity index (χ1n) is 10.7. The molecule has 4 rings (SSSR count). The van der Waals surface area contributed by atoms with Crippen LogP contribution in [0.25, 0.3) is 5.65 Å². The number of thioether (sulfide) groups is 2. The van der Waals surface area contributed by atoms with E-state index >= 15 is 0 Å². The van der Waals surface area contributed by atoms with Crippen molar-refractivity contribution in [3.63, 3.8) is 0 Å². The van der Waals surface area contributed by atoms with Gasteiger partial charge in [0.1, 0.15) is 40.5 Å². The molecule has 4 N–H and O–H groups in total. The maximum Gasteiger partial charge on any atom is 0.407 e. The summed E-state index contributed by atoms with van der Waals surface area (Å²) in [5, 5.41) is 17.5. The molecule has 1 saturated heterocycles. The number of β-lactam (4-membered cyclic amide) rings is 1. The predicted molar refractivity (Wildman–Crippen MR) is 126 cm³/mol. The molecule has 2 atom stereocenters. The molecule has 2 aromatic heterocycles. The number of carboxylic acids is 1. The van der Waals surface area contributed by atoms with Gasteiger partial charge in [-0.15, -0.1) is 28.0 Å². The largest absolute Gasteiger partial charge is 0.477 e. The van der Waals surface area contributed by atoms with Gasteiger partial charge in [-0.25, -0.2) is 14.2 Å². The number of ether oxygens (including phenoxy) is 1. The molecule has 4 heterocycles.